The molecule has 89 heavy (non-hydrogen) atoms. The van der Waals surface area contributed by atoms with Crippen molar-refractivity contribution >= 4 is 96.1 Å². The third-order valence-corrected chi connectivity index (χ3v) is 20.6. The van der Waals surface area contributed by atoms with Crippen LogP contribution in [0.15, 0.2) is 170 Å². The van der Waals surface area contributed by atoms with Crippen LogP contribution in [0.2, 0.25) is 0 Å². The maximum absolute atomic E-state index is 2.69. The Balaban J connectivity index is 1.13. The smallest absolute Gasteiger partial charge is 0.252 e. The Morgan fingerprint density at radius 1 is 0.371 bits per heavy atom. The maximum Gasteiger partial charge on any atom is 0.252 e. The highest BCUT2D eigenvalue weighted by Crippen LogP contribution is 2.53. The van der Waals surface area contributed by atoms with E-state index in [4.69, 9.17) is 0 Å². The number of nitrogens with zero attached hydrogens (tertiary/aromatic N) is 4. The van der Waals surface area contributed by atoms with Gasteiger partial charge in [0.2, 0.25) is 0 Å². The molecular weight excluding hydrogens is 1080 g/mol. The third-order valence-electron chi connectivity index (χ3n) is 20.6. The Labute approximate surface area is 534 Å². The summed E-state index contributed by atoms with van der Waals surface area (Å²) in [6.45, 7) is 49.6. The Bertz CT molecular complexity index is 4450. The molecule has 454 valence electrons. The first-order chi connectivity index (χ1) is 41.6. The van der Waals surface area contributed by atoms with Crippen molar-refractivity contribution in [2.75, 3.05) is 14.7 Å². The summed E-state index contributed by atoms with van der Waals surface area (Å²) in [5, 5.41) is 2.49. The molecule has 0 bridgehead atoms. The van der Waals surface area contributed by atoms with Crippen LogP contribution in [-0.2, 0) is 37.9 Å². The summed E-state index contributed by atoms with van der Waals surface area (Å²) in [7, 11) is 0. The Morgan fingerprint density at radius 2 is 0.809 bits per heavy atom. The zero-order chi connectivity index (χ0) is 63.6. The summed E-state index contributed by atoms with van der Waals surface area (Å²) in [5.74, 6) is 0. The highest BCUT2D eigenvalue weighted by Gasteiger charge is 2.46. The lowest BCUT2D eigenvalue weighted by Gasteiger charge is -2.46. The fourth-order valence-electron chi connectivity index (χ4n) is 15.0. The molecule has 0 unspecified atom stereocenters. The predicted octanol–water partition coefficient (Wildman–Crippen LogP) is 21.8. The molecule has 0 saturated carbocycles. The van der Waals surface area contributed by atoms with Crippen LogP contribution in [0, 0.1) is 13.8 Å². The van der Waals surface area contributed by atoms with Gasteiger partial charge in [0.1, 0.15) is 0 Å². The van der Waals surface area contributed by atoms with Crippen LogP contribution in [-0.4, -0.2) is 11.3 Å². The van der Waals surface area contributed by atoms with E-state index in [9.17, 15) is 0 Å². The van der Waals surface area contributed by atoms with Gasteiger partial charge < -0.3 is 19.3 Å². The summed E-state index contributed by atoms with van der Waals surface area (Å²) in [4.78, 5) is 7.92. The minimum Gasteiger partial charge on any atom is -0.311 e. The molecule has 0 saturated heterocycles. The van der Waals surface area contributed by atoms with E-state index < -0.39 is 0 Å². The first-order valence-corrected chi connectivity index (χ1v) is 33.0. The molecule has 13 rings (SSSR count). The van der Waals surface area contributed by atoms with Gasteiger partial charge in [0.05, 0.1) is 16.7 Å². The van der Waals surface area contributed by atoms with Crippen LogP contribution in [0.5, 0.6) is 0 Å². The second kappa shape index (κ2) is 20.4. The highest BCUT2D eigenvalue weighted by atomic mass is 15.2. The highest BCUT2D eigenvalue weighted by molar-refractivity contribution is 7.00. The molecule has 10 aromatic rings. The van der Waals surface area contributed by atoms with Crippen molar-refractivity contribution in [2.24, 2.45) is 0 Å². The lowest BCUT2D eigenvalue weighted by Crippen LogP contribution is -2.61. The monoisotopic (exact) mass is 1170 g/mol. The summed E-state index contributed by atoms with van der Waals surface area (Å²) >= 11 is 0. The van der Waals surface area contributed by atoms with Crippen LogP contribution >= 0.6 is 0 Å². The van der Waals surface area contributed by atoms with Crippen LogP contribution in [0.4, 0.5) is 51.2 Å². The molecule has 0 N–H and O–H groups in total. The van der Waals surface area contributed by atoms with Gasteiger partial charge in [-0.1, -0.05) is 216 Å². The molecule has 1 aromatic heterocycles. The lowest BCUT2D eigenvalue weighted by atomic mass is 9.33. The van der Waals surface area contributed by atoms with E-state index in [2.05, 4.69) is 335 Å². The zero-order valence-corrected chi connectivity index (χ0v) is 57.4. The quantitative estimate of drug-likeness (QED) is 0.154. The molecule has 3 heterocycles. The molecule has 0 radical (unpaired) electrons. The van der Waals surface area contributed by atoms with Crippen molar-refractivity contribution in [3.8, 4) is 5.69 Å². The van der Waals surface area contributed by atoms with Gasteiger partial charge in [-0.2, -0.15) is 0 Å². The van der Waals surface area contributed by atoms with Gasteiger partial charge in [-0.3, -0.25) is 0 Å². The number of aryl methyl sites for hydroxylation is 2. The molecule has 9 aromatic carbocycles. The van der Waals surface area contributed by atoms with Crippen LogP contribution in [0.1, 0.15) is 194 Å². The summed E-state index contributed by atoms with van der Waals surface area (Å²) in [6, 6.07) is 67.5. The molecule has 2 aliphatic heterocycles. The fraction of sp³-hybridized carbons (Fsp3) is 0.357. The Hall–Kier alpha value is -7.76. The minimum absolute atomic E-state index is 0.00290. The van der Waals surface area contributed by atoms with Crippen LogP contribution < -0.4 is 31.1 Å². The van der Waals surface area contributed by atoms with Gasteiger partial charge in [-0.15, -0.1) is 0 Å². The number of hydrogen-bond donors (Lipinski definition) is 0. The average Bonchev–Trinajstić information content (AvgIpc) is 1.19. The number of para-hydroxylation sites is 1. The second-order valence-electron chi connectivity index (χ2n) is 33.2. The second-order valence-corrected chi connectivity index (χ2v) is 33.2. The first kappa shape index (κ1) is 60.2. The largest absolute Gasteiger partial charge is 0.311 e. The number of hydrogen-bond acceptors (Lipinski definition) is 3. The van der Waals surface area contributed by atoms with E-state index in [0.717, 1.165) is 29.9 Å². The van der Waals surface area contributed by atoms with E-state index >= 15 is 0 Å². The molecule has 0 spiro atoms. The molecular formula is C84H95BN4. The van der Waals surface area contributed by atoms with E-state index in [1.165, 1.54) is 128 Å². The normalized spacial score (nSPS) is 15.5. The van der Waals surface area contributed by atoms with Crippen LogP contribution in [0.3, 0.4) is 0 Å². The number of benzene rings is 9. The first-order valence-electron chi connectivity index (χ1n) is 33.0. The number of aromatic nitrogens is 1. The van der Waals surface area contributed by atoms with E-state index in [1.807, 2.05) is 0 Å². The van der Waals surface area contributed by atoms with Crippen molar-refractivity contribution in [2.45, 2.75) is 196 Å². The van der Waals surface area contributed by atoms with Gasteiger partial charge >= 0.3 is 0 Å². The Kier molecular flexibility index (Phi) is 13.8. The standard InChI is InChI=1S/C84H95BN4/c1-52-44-57(81(12,13)14)45-53(2)77(52)86(62-35-38-65-64-24-22-23-25-70(64)87(71(65)50-62)59-31-26-54(27-32-59)78(3,4)5)63-37-41-69-73(51-63)89(61-36-39-66-67(49-61)84(20,21)43-42-83(66,18)19)75-48-58(82(15,16)17)47-74-76(75)85(69)68-40-30-56(80(9,10)11)46-72(68)88(74)60-33-28-55(29-34-60)79(6,7)8/h22-41,44-51H,42-43H2,1-21H3. The summed E-state index contributed by atoms with van der Waals surface area (Å²) in [5.41, 5.74) is 30.2. The van der Waals surface area contributed by atoms with Crippen molar-refractivity contribution in [1.29, 1.82) is 0 Å². The molecule has 0 amide bonds. The molecule has 0 atom stereocenters. The molecule has 4 nitrogen and oxygen atoms in total. The van der Waals surface area contributed by atoms with Gasteiger partial charge in [0, 0.05) is 62.0 Å². The van der Waals surface area contributed by atoms with E-state index in [-0.39, 0.29) is 44.6 Å². The zero-order valence-electron chi connectivity index (χ0n) is 57.4. The van der Waals surface area contributed by atoms with E-state index in [1.54, 1.807) is 0 Å². The average molecular weight is 1170 g/mol. The minimum atomic E-state index is -0.174. The third kappa shape index (κ3) is 10.1. The van der Waals surface area contributed by atoms with Crippen molar-refractivity contribution in [3.05, 3.63) is 220 Å². The van der Waals surface area contributed by atoms with Crippen LogP contribution in [0.25, 0.3) is 27.5 Å². The number of anilines is 9. The van der Waals surface area contributed by atoms with Gasteiger partial charge in [0.25, 0.3) is 6.71 Å². The van der Waals surface area contributed by atoms with Crippen molar-refractivity contribution < 1.29 is 0 Å². The maximum atomic E-state index is 2.69. The number of rotatable bonds is 6. The fourth-order valence-corrected chi connectivity index (χ4v) is 15.0. The van der Waals surface area contributed by atoms with Crippen molar-refractivity contribution in [3.63, 3.8) is 0 Å². The van der Waals surface area contributed by atoms with E-state index in [0.29, 0.717) is 0 Å². The predicted molar refractivity (Wildman–Crippen MR) is 388 cm³/mol. The van der Waals surface area contributed by atoms with Gasteiger partial charge in [-0.05, 0) is 216 Å². The Morgan fingerprint density at radius 3 is 1.38 bits per heavy atom. The number of fused-ring (bicyclic) bond motifs is 8. The SMILES string of the molecule is Cc1cc(C(C)(C)C)cc(C)c1N(c1ccc2c(c1)N(c1ccc3c(c1)C(C)(C)CCC3(C)C)c1cc(C(C)(C)C)cc3c1B2c1ccc(C(C)(C)C)cc1N3c1ccc(C(C)(C)C)cc1)c1ccc2c3ccccc3n(-c3ccc(C(C)(C)C)cc3)c2c1. The molecule has 0 fully saturated rings. The summed E-state index contributed by atoms with van der Waals surface area (Å²) in [6.07, 6.45) is 2.30. The van der Waals surface area contributed by atoms with Gasteiger partial charge in [-0.25, -0.2) is 0 Å². The summed E-state index contributed by atoms with van der Waals surface area (Å²) < 4.78 is 2.49. The topological polar surface area (TPSA) is 14.7 Å². The molecule has 1 aliphatic carbocycles. The van der Waals surface area contributed by atoms with Crippen molar-refractivity contribution in [1.82, 2.24) is 4.57 Å². The lowest BCUT2D eigenvalue weighted by molar-refractivity contribution is 0.332. The molecule has 3 aliphatic rings. The van der Waals surface area contributed by atoms with Gasteiger partial charge in [0.15, 0.2) is 0 Å². The molecule has 5 heteroatoms.